The fraction of sp³-hybridized carbons (Fsp3) is 0.864. The van der Waals surface area contributed by atoms with E-state index in [0.717, 1.165) is 25.7 Å². The summed E-state index contributed by atoms with van der Waals surface area (Å²) >= 11 is 0. The molecule has 30 heavy (non-hydrogen) atoms. The van der Waals surface area contributed by atoms with Crippen LogP contribution in [0.3, 0.4) is 0 Å². The Kier molecular flexibility index (Phi) is 8.67. The van der Waals surface area contributed by atoms with Crippen molar-refractivity contribution in [1.82, 2.24) is 15.5 Å². The highest BCUT2D eigenvalue weighted by Crippen LogP contribution is 2.35. The third-order valence-electron chi connectivity index (χ3n) is 6.95. The smallest absolute Gasteiger partial charge is 0.306 e. The Morgan fingerprint density at radius 2 is 1.90 bits per heavy atom. The molecule has 1 saturated carbocycles. The Hall–Kier alpha value is -1.67. The summed E-state index contributed by atoms with van der Waals surface area (Å²) in [6.45, 7) is 7.82. The van der Waals surface area contributed by atoms with Gasteiger partial charge in [0.2, 0.25) is 11.8 Å². The lowest BCUT2D eigenvalue weighted by atomic mass is 9.90. The molecule has 0 radical (unpaired) electrons. The van der Waals surface area contributed by atoms with Crippen LogP contribution in [0.2, 0.25) is 0 Å². The summed E-state index contributed by atoms with van der Waals surface area (Å²) in [4.78, 5) is 39.3. The molecule has 3 N–H and O–H groups in total. The number of carbonyl (C=O) groups is 3. The van der Waals surface area contributed by atoms with Crippen LogP contribution >= 0.6 is 0 Å². The molecular formula is C22H39N3O5. The van der Waals surface area contributed by atoms with Gasteiger partial charge < -0.3 is 25.4 Å². The highest BCUT2D eigenvalue weighted by molar-refractivity contribution is 5.90. The van der Waals surface area contributed by atoms with Gasteiger partial charge in [0.05, 0.1) is 24.6 Å². The SMILES string of the molecule is CC[C@H](C)[C@@H]([C@@H](CC(=O)O)OC)N(C)C(=O)C(NC(=O)[C@H]1N[C@@H]2CC[C@H]1C2)C(C)C. The molecule has 2 rings (SSSR count). The van der Waals surface area contributed by atoms with Gasteiger partial charge in [-0.1, -0.05) is 34.1 Å². The predicted octanol–water partition coefficient (Wildman–Crippen LogP) is 1.63. The molecule has 8 nitrogen and oxygen atoms in total. The van der Waals surface area contributed by atoms with Gasteiger partial charge >= 0.3 is 5.97 Å². The van der Waals surface area contributed by atoms with Crippen molar-refractivity contribution in [2.45, 2.75) is 90.1 Å². The molecule has 1 unspecified atom stereocenters. The molecule has 1 aliphatic carbocycles. The second kappa shape index (κ2) is 10.6. The van der Waals surface area contributed by atoms with Crippen molar-refractivity contribution in [2.75, 3.05) is 14.2 Å². The summed E-state index contributed by atoms with van der Waals surface area (Å²) in [5.74, 6) is -1.00. The summed E-state index contributed by atoms with van der Waals surface area (Å²) in [5, 5.41) is 15.6. The number of hydrogen-bond donors (Lipinski definition) is 3. The highest BCUT2D eigenvalue weighted by Gasteiger charge is 2.44. The molecule has 2 aliphatic rings. The number of aliphatic carboxylic acids is 1. The maximum absolute atomic E-state index is 13.5. The van der Waals surface area contributed by atoms with E-state index in [1.54, 1.807) is 11.9 Å². The van der Waals surface area contributed by atoms with Crippen molar-refractivity contribution in [2.24, 2.45) is 17.8 Å². The number of hydrogen-bond acceptors (Lipinski definition) is 5. The van der Waals surface area contributed by atoms with Crippen LogP contribution in [0.5, 0.6) is 0 Å². The zero-order valence-corrected chi connectivity index (χ0v) is 19.2. The highest BCUT2D eigenvalue weighted by atomic mass is 16.5. The van der Waals surface area contributed by atoms with Gasteiger partial charge in [-0.3, -0.25) is 14.4 Å². The van der Waals surface area contributed by atoms with Gasteiger partial charge in [-0.05, 0) is 37.0 Å². The summed E-state index contributed by atoms with van der Waals surface area (Å²) < 4.78 is 5.48. The maximum atomic E-state index is 13.5. The van der Waals surface area contributed by atoms with Crippen molar-refractivity contribution in [3.05, 3.63) is 0 Å². The number of rotatable bonds is 11. The minimum absolute atomic E-state index is 0.0407. The topological polar surface area (TPSA) is 108 Å². The van der Waals surface area contributed by atoms with Gasteiger partial charge in [0, 0.05) is 20.2 Å². The third kappa shape index (κ3) is 5.52. The number of carboxylic acids is 1. The van der Waals surface area contributed by atoms with Crippen molar-refractivity contribution in [3.8, 4) is 0 Å². The van der Waals surface area contributed by atoms with Gasteiger partial charge in [-0.15, -0.1) is 0 Å². The molecule has 7 atom stereocenters. The fourth-order valence-corrected chi connectivity index (χ4v) is 5.03. The van der Waals surface area contributed by atoms with Crippen LogP contribution in [-0.2, 0) is 19.1 Å². The first-order valence-electron chi connectivity index (χ1n) is 11.2. The summed E-state index contributed by atoms with van der Waals surface area (Å²) in [6, 6.07) is -0.887. The van der Waals surface area contributed by atoms with Gasteiger partial charge in [-0.2, -0.15) is 0 Å². The average molecular weight is 426 g/mol. The Labute approximate surface area is 180 Å². The summed E-state index contributed by atoms with van der Waals surface area (Å²) in [5.41, 5.74) is 0. The second-order valence-electron chi connectivity index (χ2n) is 9.34. The monoisotopic (exact) mass is 425 g/mol. The number of amides is 2. The number of nitrogens with one attached hydrogen (secondary N) is 2. The number of methoxy groups -OCH3 is 1. The number of likely N-dealkylation sites (N-methyl/N-ethyl adjacent to an activating group) is 1. The average Bonchev–Trinajstić information content (AvgIpc) is 3.33. The van der Waals surface area contributed by atoms with Crippen LogP contribution in [0.1, 0.15) is 59.8 Å². The number of fused-ring (bicyclic) bond motifs is 2. The molecule has 0 aromatic heterocycles. The molecule has 172 valence electrons. The molecule has 2 amide bonds. The van der Waals surface area contributed by atoms with Crippen LogP contribution in [0.15, 0.2) is 0 Å². The van der Waals surface area contributed by atoms with Crippen LogP contribution in [0.25, 0.3) is 0 Å². The zero-order valence-electron chi connectivity index (χ0n) is 19.2. The van der Waals surface area contributed by atoms with Crippen LogP contribution in [-0.4, -0.2) is 72.2 Å². The first-order chi connectivity index (χ1) is 14.1. The zero-order chi connectivity index (χ0) is 22.6. The van der Waals surface area contributed by atoms with Gasteiger partial charge in [0.1, 0.15) is 6.04 Å². The number of piperidine rings is 1. The fourth-order valence-electron chi connectivity index (χ4n) is 5.03. The molecular weight excluding hydrogens is 386 g/mol. The summed E-state index contributed by atoms with van der Waals surface area (Å²) in [7, 11) is 3.16. The molecule has 8 heteroatoms. The largest absolute Gasteiger partial charge is 0.481 e. The predicted molar refractivity (Wildman–Crippen MR) is 114 cm³/mol. The van der Waals surface area contributed by atoms with E-state index < -0.39 is 24.2 Å². The standard InChI is InChI=1S/C22H39N3O5/c1-7-13(4)20(16(30-6)11-17(26)27)25(5)22(29)18(12(2)3)24-21(28)19-14-8-9-15(10-14)23-19/h12-16,18-20,23H,7-11H2,1-6H3,(H,24,28)(H,26,27)/t13-,14-,15+,16+,18?,19-,20-/m0/s1. The van der Waals surface area contributed by atoms with E-state index in [2.05, 4.69) is 10.6 Å². The van der Waals surface area contributed by atoms with Crippen molar-refractivity contribution in [1.29, 1.82) is 0 Å². The Morgan fingerprint density at radius 1 is 1.23 bits per heavy atom. The van der Waals surface area contributed by atoms with Gasteiger partial charge in [-0.25, -0.2) is 0 Å². The van der Waals surface area contributed by atoms with E-state index in [4.69, 9.17) is 4.74 Å². The number of ether oxygens (including phenoxy) is 1. The van der Waals surface area contributed by atoms with Crippen molar-refractivity contribution < 1.29 is 24.2 Å². The van der Waals surface area contributed by atoms with Crippen LogP contribution < -0.4 is 10.6 Å². The Balaban J connectivity index is 2.16. The second-order valence-corrected chi connectivity index (χ2v) is 9.34. The minimum Gasteiger partial charge on any atom is -0.481 e. The van der Waals surface area contributed by atoms with Crippen LogP contribution in [0, 0.1) is 17.8 Å². The van der Waals surface area contributed by atoms with Crippen molar-refractivity contribution >= 4 is 17.8 Å². The Bertz CT molecular complexity index is 626. The van der Waals surface area contributed by atoms with E-state index in [9.17, 15) is 19.5 Å². The number of carbonyl (C=O) groups excluding carboxylic acids is 2. The first-order valence-corrected chi connectivity index (χ1v) is 11.2. The van der Waals surface area contributed by atoms with Crippen molar-refractivity contribution in [3.63, 3.8) is 0 Å². The van der Waals surface area contributed by atoms with E-state index in [-0.39, 0.29) is 36.1 Å². The number of carboxylic acid groups (broad SMARTS) is 1. The Morgan fingerprint density at radius 3 is 2.33 bits per heavy atom. The maximum Gasteiger partial charge on any atom is 0.306 e. The van der Waals surface area contributed by atoms with E-state index in [0.29, 0.717) is 12.0 Å². The van der Waals surface area contributed by atoms with Crippen LogP contribution in [0.4, 0.5) is 0 Å². The van der Waals surface area contributed by atoms with E-state index in [1.807, 2.05) is 27.7 Å². The molecule has 0 spiro atoms. The molecule has 0 aromatic rings. The molecule has 2 fully saturated rings. The molecule has 1 heterocycles. The third-order valence-corrected chi connectivity index (χ3v) is 6.95. The number of nitrogens with zero attached hydrogens (tertiary/aromatic N) is 1. The minimum atomic E-state index is -0.966. The lowest BCUT2D eigenvalue weighted by molar-refractivity contribution is -0.148. The first kappa shape index (κ1) is 24.6. The van der Waals surface area contributed by atoms with E-state index in [1.165, 1.54) is 7.11 Å². The molecule has 1 aliphatic heterocycles. The molecule has 0 aromatic carbocycles. The van der Waals surface area contributed by atoms with Gasteiger partial charge in [0.25, 0.3) is 0 Å². The normalized spacial score (nSPS) is 26.8. The molecule has 2 bridgehead atoms. The summed E-state index contributed by atoms with van der Waals surface area (Å²) in [6.07, 6.45) is 3.16. The quantitative estimate of drug-likeness (QED) is 0.464. The van der Waals surface area contributed by atoms with Gasteiger partial charge in [0.15, 0.2) is 0 Å². The lowest BCUT2D eigenvalue weighted by Crippen LogP contribution is -2.59. The molecule has 1 saturated heterocycles. The van der Waals surface area contributed by atoms with E-state index >= 15 is 0 Å². The lowest BCUT2D eigenvalue weighted by Gasteiger charge is -2.39.